The van der Waals surface area contributed by atoms with Crippen LogP contribution in [0, 0.1) is 5.82 Å². The predicted molar refractivity (Wildman–Crippen MR) is 71.3 cm³/mol. The van der Waals surface area contributed by atoms with Crippen molar-refractivity contribution in [1.29, 1.82) is 0 Å². The third-order valence-corrected chi connectivity index (χ3v) is 2.69. The van der Waals surface area contributed by atoms with Crippen molar-refractivity contribution in [3.05, 3.63) is 29.6 Å². The Balaban J connectivity index is 2.96. The van der Waals surface area contributed by atoms with Crippen molar-refractivity contribution < 1.29 is 14.0 Å². The molecule has 4 N–H and O–H groups in total. The fourth-order valence-electron chi connectivity index (χ4n) is 1.58. The molecule has 0 saturated carbocycles. The van der Waals surface area contributed by atoms with Crippen LogP contribution in [0.5, 0.6) is 0 Å². The summed E-state index contributed by atoms with van der Waals surface area (Å²) in [6.45, 7) is 5.83. The first kappa shape index (κ1) is 15.1. The number of carbonyl (C=O) groups excluding carboxylic acids is 2. The van der Waals surface area contributed by atoms with Crippen LogP contribution in [-0.2, 0) is 4.79 Å². The monoisotopic (exact) mass is 267 g/mol. The maximum atomic E-state index is 13.6. The zero-order chi connectivity index (χ0) is 14.6. The van der Waals surface area contributed by atoms with Crippen molar-refractivity contribution in [3.8, 4) is 0 Å². The van der Waals surface area contributed by atoms with Crippen molar-refractivity contribution >= 4 is 17.5 Å². The van der Waals surface area contributed by atoms with E-state index in [9.17, 15) is 14.0 Å². The van der Waals surface area contributed by atoms with Gasteiger partial charge in [-0.1, -0.05) is 6.92 Å². The molecule has 104 valence electrons. The Hall–Kier alpha value is -1.95. The summed E-state index contributed by atoms with van der Waals surface area (Å²) in [5, 5.41) is 5.42. The number of nitrogens with two attached hydrogens (primary N) is 1. The molecule has 0 aliphatic carbocycles. The molecule has 0 spiro atoms. The standard InChI is InChI=1S/C13H18FN3O2/c1-4-16-13(2,3)12(19)17-10-7-8(11(15)18)5-6-9(10)14/h5-7,16H,4H2,1-3H3,(H2,15,18)(H,17,19). The lowest BCUT2D eigenvalue weighted by atomic mass is 10.0. The van der Waals surface area contributed by atoms with Gasteiger partial charge >= 0.3 is 0 Å². The van der Waals surface area contributed by atoms with E-state index in [1.165, 1.54) is 12.1 Å². The summed E-state index contributed by atoms with van der Waals surface area (Å²) in [6.07, 6.45) is 0. The number of anilines is 1. The number of amides is 2. The predicted octanol–water partition coefficient (Wildman–Crippen LogP) is 1.25. The van der Waals surface area contributed by atoms with Crippen molar-refractivity contribution in [2.24, 2.45) is 5.73 Å². The van der Waals surface area contributed by atoms with Gasteiger partial charge in [0.25, 0.3) is 0 Å². The molecule has 0 radical (unpaired) electrons. The fourth-order valence-corrected chi connectivity index (χ4v) is 1.58. The normalized spacial score (nSPS) is 11.2. The number of primary amides is 1. The van der Waals surface area contributed by atoms with Crippen LogP contribution in [0.15, 0.2) is 18.2 Å². The van der Waals surface area contributed by atoms with Gasteiger partial charge in [-0.3, -0.25) is 9.59 Å². The molecule has 2 amide bonds. The lowest BCUT2D eigenvalue weighted by molar-refractivity contribution is -0.121. The number of hydrogen-bond acceptors (Lipinski definition) is 3. The molecule has 1 rings (SSSR count). The minimum Gasteiger partial charge on any atom is -0.366 e. The summed E-state index contributed by atoms with van der Waals surface area (Å²) in [7, 11) is 0. The van der Waals surface area contributed by atoms with Gasteiger partial charge in [-0.2, -0.15) is 0 Å². The Morgan fingerprint density at radius 3 is 2.53 bits per heavy atom. The van der Waals surface area contributed by atoms with Gasteiger partial charge in [0, 0.05) is 5.56 Å². The fraction of sp³-hybridized carbons (Fsp3) is 0.385. The number of benzene rings is 1. The molecule has 0 aliphatic rings. The summed E-state index contributed by atoms with van der Waals surface area (Å²) in [5.41, 5.74) is 4.34. The van der Waals surface area contributed by atoms with E-state index in [0.717, 1.165) is 6.07 Å². The van der Waals surface area contributed by atoms with Crippen LogP contribution in [-0.4, -0.2) is 23.9 Å². The third-order valence-electron chi connectivity index (χ3n) is 2.69. The Labute approximate surface area is 111 Å². The largest absolute Gasteiger partial charge is 0.366 e. The molecule has 1 aromatic carbocycles. The molecular formula is C13H18FN3O2. The van der Waals surface area contributed by atoms with Crippen LogP contribution < -0.4 is 16.4 Å². The van der Waals surface area contributed by atoms with E-state index >= 15 is 0 Å². The zero-order valence-electron chi connectivity index (χ0n) is 11.2. The van der Waals surface area contributed by atoms with Gasteiger partial charge in [-0.25, -0.2) is 4.39 Å². The second-order valence-corrected chi connectivity index (χ2v) is 4.67. The first-order valence-electron chi connectivity index (χ1n) is 5.93. The minimum atomic E-state index is -0.843. The van der Waals surface area contributed by atoms with Gasteiger partial charge in [0.2, 0.25) is 11.8 Å². The van der Waals surface area contributed by atoms with E-state index in [2.05, 4.69) is 10.6 Å². The van der Waals surface area contributed by atoms with Crippen molar-refractivity contribution in [2.45, 2.75) is 26.3 Å². The lowest BCUT2D eigenvalue weighted by Gasteiger charge is -2.24. The zero-order valence-corrected chi connectivity index (χ0v) is 11.2. The van der Waals surface area contributed by atoms with Crippen LogP contribution >= 0.6 is 0 Å². The van der Waals surface area contributed by atoms with E-state index in [1.807, 2.05) is 6.92 Å². The lowest BCUT2D eigenvalue weighted by Crippen LogP contribution is -2.49. The van der Waals surface area contributed by atoms with Crippen LogP contribution in [0.3, 0.4) is 0 Å². The van der Waals surface area contributed by atoms with Crippen LogP contribution in [0.4, 0.5) is 10.1 Å². The van der Waals surface area contributed by atoms with E-state index in [-0.39, 0.29) is 11.3 Å². The average Bonchev–Trinajstić information content (AvgIpc) is 2.31. The molecule has 0 atom stereocenters. The maximum absolute atomic E-state index is 13.6. The van der Waals surface area contributed by atoms with E-state index in [4.69, 9.17) is 5.73 Å². The maximum Gasteiger partial charge on any atom is 0.248 e. The second kappa shape index (κ2) is 5.79. The van der Waals surface area contributed by atoms with Gasteiger partial charge < -0.3 is 16.4 Å². The van der Waals surface area contributed by atoms with E-state index in [1.54, 1.807) is 13.8 Å². The molecule has 0 aliphatic heterocycles. The summed E-state index contributed by atoms with van der Waals surface area (Å²) >= 11 is 0. The smallest absolute Gasteiger partial charge is 0.248 e. The van der Waals surface area contributed by atoms with E-state index in [0.29, 0.717) is 6.54 Å². The van der Waals surface area contributed by atoms with Gasteiger partial charge in [-0.15, -0.1) is 0 Å². The van der Waals surface area contributed by atoms with Gasteiger partial charge in [-0.05, 0) is 38.6 Å². The molecular weight excluding hydrogens is 249 g/mol. The molecule has 0 bridgehead atoms. The average molecular weight is 267 g/mol. The van der Waals surface area contributed by atoms with Crippen molar-refractivity contribution in [3.63, 3.8) is 0 Å². The Kier molecular flexibility index (Phi) is 4.61. The highest BCUT2D eigenvalue weighted by molar-refractivity contribution is 5.99. The van der Waals surface area contributed by atoms with Crippen LogP contribution in [0.1, 0.15) is 31.1 Å². The molecule has 0 fully saturated rings. The number of nitrogens with one attached hydrogen (secondary N) is 2. The number of rotatable bonds is 5. The SMILES string of the molecule is CCNC(C)(C)C(=O)Nc1cc(C(N)=O)ccc1F. The molecule has 19 heavy (non-hydrogen) atoms. The Morgan fingerprint density at radius 2 is 2.00 bits per heavy atom. The van der Waals surface area contributed by atoms with Gasteiger partial charge in [0.1, 0.15) is 5.82 Å². The van der Waals surface area contributed by atoms with Gasteiger partial charge in [0.05, 0.1) is 11.2 Å². The second-order valence-electron chi connectivity index (χ2n) is 4.67. The van der Waals surface area contributed by atoms with Crippen LogP contribution in [0.25, 0.3) is 0 Å². The van der Waals surface area contributed by atoms with Crippen molar-refractivity contribution in [1.82, 2.24) is 5.32 Å². The summed E-state index contributed by atoms with van der Waals surface area (Å²) in [5.74, 6) is -1.69. The molecule has 6 heteroatoms. The highest BCUT2D eigenvalue weighted by atomic mass is 19.1. The highest BCUT2D eigenvalue weighted by Gasteiger charge is 2.27. The number of carbonyl (C=O) groups is 2. The molecule has 5 nitrogen and oxygen atoms in total. The number of hydrogen-bond donors (Lipinski definition) is 3. The highest BCUT2D eigenvalue weighted by Crippen LogP contribution is 2.17. The topological polar surface area (TPSA) is 84.2 Å². The number of halogens is 1. The van der Waals surface area contributed by atoms with E-state index < -0.39 is 23.2 Å². The third kappa shape index (κ3) is 3.75. The quantitative estimate of drug-likeness (QED) is 0.750. The van der Waals surface area contributed by atoms with Crippen LogP contribution in [0.2, 0.25) is 0 Å². The first-order valence-corrected chi connectivity index (χ1v) is 5.93. The summed E-state index contributed by atoms with van der Waals surface area (Å²) < 4.78 is 13.6. The molecule has 0 aromatic heterocycles. The Morgan fingerprint density at radius 1 is 1.37 bits per heavy atom. The first-order chi connectivity index (χ1) is 8.77. The molecule has 0 heterocycles. The number of likely N-dealkylation sites (N-methyl/N-ethyl adjacent to an activating group) is 1. The summed E-state index contributed by atoms with van der Waals surface area (Å²) in [6, 6.07) is 3.58. The molecule has 0 saturated heterocycles. The van der Waals surface area contributed by atoms with Crippen molar-refractivity contribution in [2.75, 3.05) is 11.9 Å². The van der Waals surface area contributed by atoms with Gasteiger partial charge in [0.15, 0.2) is 0 Å². The molecule has 0 unspecified atom stereocenters. The summed E-state index contributed by atoms with van der Waals surface area (Å²) in [4.78, 5) is 23.0. The Bertz CT molecular complexity index is 501. The molecule has 1 aromatic rings. The minimum absolute atomic E-state index is 0.0627.